The molecule has 2 nitrogen and oxygen atoms in total. The highest BCUT2D eigenvalue weighted by molar-refractivity contribution is 9.10. The van der Waals surface area contributed by atoms with Crippen LogP contribution in [0, 0.1) is 17.7 Å². The second-order valence-electron chi connectivity index (χ2n) is 5.18. The van der Waals surface area contributed by atoms with E-state index in [-0.39, 0.29) is 5.82 Å². The van der Waals surface area contributed by atoms with Gasteiger partial charge in [-0.05, 0) is 40.3 Å². The fourth-order valence-corrected chi connectivity index (χ4v) is 3.02. The number of benzene rings is 1. The number of anilines is 2. The maximum absolute atomic E-state index is 13.3. The van der Waals surface area contributed by atoms with E-state index in [1.54, 1.807) is 6.07 Å². The fourth-order valence-electron chi connectivity index (χ4n) is 2.69. The van der Waals surface area contributed by atoms with Gasteiger partial charge >= 0.3 is 0 Å². The van der Waals surface area contributed by atoms with Crippen LogP contribution in [0.5, 0.6) is 0 Å². The summed E-state index contributed by atoms with van der Waals surface area (Å²) >= 11 is 3.22. The van der Waals surface area contributed by atoms with E-state index in [0.29, 0.717) is 22.0 Å². The zero-order chi connectivity index (χ0) is 12.6. The first-order valence-corrected chi connectivity index (χ1v) is 6.76. The molecule has 0 saturated carbocycles. The Hall–Kier alpha value is -0.770. The van der Waals surface area contributed by atoms with E-state index in [9.17, 15) is 4.39 Å². The van der Waals surface area contributed by atoms with Crippen LogP contribution >= 0.6 is 15.9 Å². The maximum Gasteiger partial charge on any atom is 0.139 e. The maximum atomic E-state index is 13.3. The normalized spacial score (nSPS) is 25.1. The highest BCUT2D eigenvalue weighted by atomic mass is 79.9. The van der Waals surface area contributed by atoms with Gasteiger partial charge in [-0.3, -0.25) is 0 Å². The molecule has 2 rings (SSSR count). The molecule has 1 aromatic rings. The molecule has 0 aromatic heterocycles. The van der Waals surface area contributed by atoms with Crippen molar-refractivity contribution >= 4 is 27.3 Å². The molecule has 1 aliphatic heterocycles. The molecule has 17 heavy (non-hydrogen) atoms. The van der Waals surface area contributed by atoms with E-state index in [0.717, 1.165) is 18.8 Å². The number of nitrogens with zero attached hydrogens (tertiary/aromatic N) is 1. The number of piperidine rings is 1. The molecule has 2 N–H and O–H groups in total. The molecule has 1 aliphatic rings. The highest BCUT2D eigenvalue weighted by Crippen LogP contribution is 2.33. The Kier molecular flexibility index (Phi) is 3.61. The molecule has 0 radical (unpaired) electrons. The molecule has 4 heteroatoms. The van der Waals surface area contributed by atoms with Crippen LogP contribution in [0.25, 0.3) is 0 Å². The third kappa shape index (κ3) is 2.73. The van der Waals surface area contributed by atoms with Crippen molar-refractivity contribution in [3.05, 3.63) is 22.4 Å². The first kappa shape index (κ1) is 12.7. The largest absolute Gasteiger partial charge is 0.397 e. The average molecular weight is 301 g/mol. The number of halogens is 2. The van der Waals surface area contributed by atoms with E-state index in [1.807, 2.05) is 0 Å². The van der Waals surface area contributed by atoms with Crippen LogP contribution < -0.4 is 10.6 Å². The van der Waals surface area contributed by atoms with Gasteiger partial charge in [0, 0.05) is 19.2 Å². The Morgan fingerprint density at radius 1 is 1.29 bits per heavy atom. The molecule has 1 aromatic carbocycles. The summed E-state index contributed by atoms with van der Waals surface area (Å²) in [7, 11) is 0. The Morgan fingerprint density at radius 2 is 1.88 bits per heavy atom. The summed E-state index contributed by atoms with van der Waals surface area (Å²) in [5, 5.41) is 0. The van der Waals surface area contributed by atoms with Gasteiger partial charge in [0.05, 0.1) is 15.8 Å². The van der Waals surface area contributed by atoms with Crippen LogP contribution in [0.2, 0.25) is 0 Å². The monoisotopic (exact) mass is 300 g/mol. The summed E-state index contributed by atoms with van der Waals surface area (Å²) in [6, 6.07) is 3.18. The second kappa shape index (κ2) is 4.84. The van der Waals surface area contributed by atoms with Crippen molar-refractivity contribution in [2.45, 2.75) is 20.3 Å². The summed E-state index contributed by atoms with van der Waals surface area (Å²) in [5.41, 5.74) is 7.37. The van der Waals surface area contributed by atoms with E-state index in [4.69, 9.17) is 5.73 Å². The van der Waals surface area contributed by atoms with Crippen LogP contribution in [0.3, 0.4) is 0 Å². The lowest BCUT2D eigenvalue weighted by atomic mass is 9.91. The summed E-state index contributed by atoms with van der Waals surface area (Å²) in [6.07, 6.45) is 1.25. The van der Waals surface area contributed by atoms with Crippen LogP contribution in [0.1, 0.15) is 20.3 Å². The standard InChI is InChI=1S/C13H18BrFN2/c1-8-3-9(2)7-17(6-8)13-4-10(14)11(15)5-12(13)16/h4-5,8-9H,3,6-7,16H2,1-2H3. The molecule has 0 amide bonds. The lowest BCUT2D eigenvalue weighted by molar-refractivity contribution is 0.357. The predicted octanol–water partition coefficient (Wildman–Crippen LogP) is 3.65. The summed E-state index contributed by atoms with van der Waals surface area (Å²) in [4.78, 5) is 2.26. The Bertz CT molecular complexity index is 412. The molecule has 0 aliphatic carbocycles. The van der Waals surface area contributed by atoms with Crippen molar-refractivity contribution in [1.82, 2.24) is 0 Å². The van der Waals surface area contributed by atoms with Crippen molar-refractivity contribution in [3.63, 3.8) is 0 Å². The quantitative estimate of drug-likeness (QED) is 0.802. The van der Waals surface area contributed by atoms with Gasteiger partial charge in [0.25, 0.3) is 0 Å². The van der Waals surface area contributed by atoms with E-state index in [1.165, 1.54) is 12.5 Å². The average Bonchev–Trinajstić information content (AvgIpc) is 2.22. The SMILES string of the molecule is CC1CC(C)CN(c2cc(Br)c(F)cc2N)C1. The van der Waals surface area contributed by atoms with Crippen molar-refractivity contribution in [3.8, 4) is 0 Å². The Balaban J connectivity index is 2.30. The lowest BCUT2D eigenvalue weighted by Crippen LogP contribution is -2.39. The van der Waals surface area contributed by atoms with Crippen LogP contribution in [-0.4, -0.2) is 13.1 Å². The third-order valence-corrected chi connectivity index (χ3v) is 3.89. The molecule has 2 unspecified atom stereocenters. The number of hydrogen-bond donors (Lipinski definition) is 1. The zero-order valence-corrected chi connectivity index (χ0v) is 11.8. The number of nitrogens with two attached hydrogens (primary N) is 1. The molecule has 0 bridgehead atoms. The second-order valence-corrected chi connectivity index (χ2v) is 6.03. The molecular formula is C13H18BrFN2. The van der Waals surface area contributed by atoms with Gasteiger partial charge in [0.1, 0.15) is 5.82 Å². The first-order chi connectivity index (χ1) is 7.97. The minimum atomic E-state index is -0.302. The van der Waals surface area contributed by atoms with E-state index >= 15 is 0 Å². The molecule has 94 valence electrons. The Labute approximate surface area is 110 Å². The van der Waals surface area contributed by atoms with Crippen LogP contribution in [0.4, 0.5) is 15.8 Å². The van der Waals surface area contributed by atoms with Crippen molar-refractivity contribution in [1.29, 1.82) is 0 Å². The molecule has 2 atom stereocenters. The molecular weight excluding hydrogens is 283 g/mol. The van der Waals surface area contributed by atoms with Gasteiger partial charge in [-0.1, -0.05) is 13.8 Å². The van der Waals surface area contributed by atoms with Gasteiger partial charge in [-0.15, -0.1) is 0 Å². The minimum Gasteiger partial charge on any atom is -0.397 e. The number of rotatable bonds is 1. The molecule has 1 saturated heterocycles. The first-order valence-electron chi connectivity index (χ1n) is 5.97. The van der Waals surface area contributed by atoms with Gasteiger partial charge in [0.2, 0.25) is 0 Å². The van der Waals surface area contributed by atoms with E-state index in [2.05, 4.69) is 34.7 Å². The van der Waals surface area contributed by atoms with Gasteiger partial charge in [-0.2, -0.15) is 0 Å². The summed E-state index contributed by atoms with van der Waals surface area (Å²) in [5.74, 6) is 1.01. The summed E-state index contributed by atoms with van der Waals surface area (Å²) in [6.45, 7) is 6.48. The van der Waals surface area contributed by atoms with Gasteiger partial charge < -0.3 is 10.6 Å². The summed E-state index contributed by atoms with van der Waals surface area (Å²) < 4.78 is 13.8. The molecule has 0 spiro atoms. The third-order valence-electron chi connectivity index (χ3n) is 3.28. The highest BCUT2D eigenvalue weighted by Gasteiger charge is 2.23. The number of nitrogen functional groups attached to an aromatic ring is 1. The van der Waals surface area contributed by atoms with Crippen LogP contribution in [-0.2, 0) is 0 Å². The smallest absolute Gasteiger partial charge is 0.139 e. The van der Waals surface area contributed by atoms with Crippen molar-refractivity contribution < 1.29 is 4.39 Å². The minimum absolute atomic E-state index is 0.302. The Morgan fingerprint density at radius 3 is 2.47 bits per heavy atom. The molecule has 1 fully saturated rings. The van der Waals surface area contributed by atoms with E-state index < -0.39 is 0 Å². The molecule has 1 heterocycles. The van der Waals surface area contributed by atoms with Crippen molar-refractivity contribution in [2.75, 3.05) is 23.7 Å². The van der Waals surface area contributed by atoms with Crippen molar-refractivity contribution in [2.24, 2.45) is 11.8 Å². The number of hydrogen-bond acceptors (Lipinski definition) is 2. The topological polar surface area (TPSA) is 29.3 Å². The lowest BCUT2D eigenvalue weighted by Gasteiger charge is -2.37. The predicted molar refractivity (Wildman–Crippen MR) is 73.7 cm³/mol. The van der Waals surface area contributed by atoms with Crippen LogP contribution in [0.15, 0.2) is 16.6 Å². The van der Waals surface area contributed by atoms with Gasteiger partial charge in [0.15, 0.2) is 0 Å². The zero-order valence-electron chi connectivity index (χ0n) is 10.2. The van der Waals surface area contributed by atoms with Gasteiger partial charge in [-0.25, -0.2) is 4.39 Å². The fraction of sp³-hybridized carbons (Fsp3) is 0.538.